The maximum Gasteiger partial charge on any atom is 0.114 e. The Bertz CT molecular complexity index is 359. The van der Waals surface area contributed by atoms with Crippen LogP contribution in [0.3, 0.4) is 0 Å². The number of hydrogen-bond acceptors (Lipinski definition) is 4. The number of hydrogen-bond donors (Lipinski definition) is 1. The van der Waals surface area contributed by atoms with Gasteiger partial charge in [0.25, 0.3) is 0 Å². The predicted octanol–water partition coefficient (Wildman–Crippen LogP) is 2.16. The molecule has 0 bridgehead atoms. The average molecular weight is 239 g/mol. The highest BCUT2D eigenvalue weighted by atomic mass is 32.1. The first-order valence-corrected chi connectivity index (χ1v) is 6.74. The van der Waals surface area contributed by atoms with Gasteiger partial charge >= 0.3 is 0 Å². The van der Waals surface area contributed by atoms with E-state index in [0.717, 1.165) is 26.2 Å². The first-order chi connectivity index (χ1) is 7.48. The lowest BCUT2D eigenvalue weighted by molar-refractivity contribution is 0.583. The van der Waals surface area contributed by atoms with E-state index < -0.39 is 0 Å². The van der Waals surface area contributed by atoms with Crippen LogP contribution in [0.2, 0.25) is 0 Å². The van der Waals surface area contributed by atoms with Gasteiger partial charge in [0.1, 0.15) is 10.0 Å². The zero-order valence-corrected chi connectivity index (χ0v) is 11.4. The number of anilines is 1. The lowest BCUT2D eigenvalue weighted by atomic mass is 9.98. The summed E-state index contributed by atoms with van der Waals surface area (Å²) < 4.78 is 0. The van der Waals surface area contributed by atoms with E-state index in [9.17, 15) is 0 Å². The van der Waals surface area contributed by atoms with E-state index >= 15 is 0 Å². The summed E-state index contributed by atoms with van der Waals surface area (Å²) in [5, 5.41) is 6.00. The number of thiazole rings is 1. The van der Waals surface area contributed by atoms with Crippen molar-refractivity contribution in [3.63, 3.8) is 0 Å². The second-order valence-corrected chi connectivity index (χ2v) is 6.37. The fourth-order valence-electron chi connectivity index (χ4n) is 1.87. The molecule has 0 atom stereocenters. The van der Waals surface area contributed by atoms with Crippen molar-refractivity contribution in [3.05, 3.63) is 10.7 Å². The summed E-state index contributed by atoms with van der Waals surface area (Å²) in [5.41, 5.74) is 1.36. The molecule has 1 fully saturated rings. The van der Waals surface area contributed by atoms with Crippen LogP contribution in [0.25, 0.3) is 0 Å². The normalized spacial score (nSPS) is 17.9. The van der Waals surface area contributed by atoms with E-state index in [-0.39, 0.29) is 5.41 Å². The number of nitrogens with one attached hydrogen (secondary N) is 1. The Morgan fingerprint density at radius 2 is 1.88 bits per heavy atom. The van der Waals surface area contributed by atoms with E-state index in [1.165, 1.54) is 15.7 Å². The molecule has 90 valence electrons. The molecule has 0 saturated carbocycles. The smallest absolute Gasteiger partial charge is 0.114 e. The monoisotopic (exact) mass is 239 g/mol. The minimum atomic E-state index is 0.168. The van der Waals surface area contributed by atoms with E-state index in [4.69, 9.17) is 4.98 Å². The fraction of sp³-hybridized carbons (Fsp3) is 0.750. The van der Waals surface area contributed by atoms with Gasteiger partial charge in [0.15, 0.2) is 0 Å². The summed E-state index contributed by atoms with van der Waals surface area (Å²) >= 11 is 1.86. The molecule has 1 N–H and O–H groups in total. The van der Waals surface area contributed by atoms with E-state index in [2.05, 4.69) is 37.9 Å². The molecular formula is C12H21N3S. The Hall–Kier alpha value is -0.610. The molecule has 2 rings (SSSR count). The second-order valence-electron chi connectivity index (χ2n) is 5.40. The molecule has 1 aliphatic heterocycles. The molecule has 1 aliphatic rings. The van der Waals surface area contributed by atoms with E-state index in [0.29, 0.717) is 0 Å². The molecule has 16 heavy (non-hydrogen) atoms. The minimum Gasteiger partial charge on any atom is -0.359 e. The van der Waals surface area contributed by atoms with Crippen molar-refractivity contribution in [2.24, 2.45) is 0 Å². The predicted molar refractivity (Wildman–Crippen MR) is 70.6 cm³/mol. The first kappa shape index (κ1) is 11.9. The Kier molecular flexibility index (Phi) is 3.22. The van der Waals surface area contributed by atoms with Gasteiger partial charge in [-0.05, 0) is 6.92 Å². The van der Waals surface area contributed by atoms with Crippen LogP contribution in [-0.2, 0) is 5.41 Å². The Balaban J connectivity index is 2.24. The summed E-state index contributed by atoms with van der Waals surface area (Å²) in [6.07, 6.45) is 0. The highest BCUT2D eigenvalue weighted by molar-refractivity contribution is 7.16. The molecule has 1 aromatic heterocycles. The summed E-state index contributed by atoms with van der Waals surface area (Å²) in [7, 11) is 0. The van der Waals surface area contributed by atoms with Crippen LogP contribution < -0.4 is 10.2 Å². The molecular weight excluding hydrogens is 218 g/mol. The lowest BCUT2D eigenvalue weighted by Gasteiger charge is -2.28. The number of rotatable bonds is 1. The standard InChI is InChI=1S/C12H21N3S/c1-9-10(15-7-5-13-6-8-15)16-11(14-9)12(2,3)4/h13H,5-8H2,1-4H3. The third kappa shape index (κ3) is 2.38. The molecule has 2 heterocycles. The van der Waals surface area contributed by atoms with Gasteiger partial charge < -0.3 is 10.2 Å². The van der Waals surface area contributed by atoms with Crippen LogP contribution in [-0.4, -0.2) is 31.2 Å². The van der Waals surface area contributed by atoms with Crippen LogP contribution in [0.4, 0.5) is 5.00 Å². The maximum atomic E-state index is 4.71. The summed E-state index contributed by atoms with van der Waals surface area (Å²) in [6, 6.07) is 0. The van der Waals surface area contributed by atoms with E-state index in [1.807, 2.05) is 11.3 Å². The quantitative estimate of drug-likeness (QED) is 0.814. The fourth-order valence-corrected chi connectivity index (χ4v) is 3.05. The average Bonchev–Trinajstić information content (AvgIpc) is 2.61. The van der Waals surface area contributed by atoms with Crippen molar-refractivity contribution in [3.8, 4) is 0 Å². The van der Waals surface area contributed by atoms with Crippen LogP contribution in [0.15, 0.2) is 0 Å². The molecule has 0 unspecified atom stereocenters. The molecule has 3 nitrogen and oxygen atoms in total. The molecule has 0 aliphatic carbocycles. The van der Waals surface area contributed by atoms with Gasteiger partial charge in [0.05, 0.1) is 5.69 Å². The van der Waals surface area contributed by atoms with Crippen LogP contribution in [0.1, 0.15) is 31.5 Å². The molecule has 4 heteroatoms. The third-order valence-corrected chi connectivity index (χ3v) is 4.46. The first-order valence-electron chi connectivity index (χ1n) is 5.92. The minimum absolute atomic E-state index is 0.168. The van der Waals surface area contributed by atoms with Gasteiger partial charge in [-0.3, -0.25) is 0 Å². The van der Waals surface area contributed by atoms with Crippen molar-refractivity contribution in [2.45, 2.75) is 33.1 Å². The van der Waals surface area contributed by atoms with Gasteiger partial charge in [-0.1, -0.05) is 20.8 Å². The summed E-state index contributed by atoms with van der Waals surface area (Å²) in [4.78, 5) is 7.17. The molecule has 0 radical (unpaired) electrons. The highest BCUT2D eigenvalue weighted by Gasteiger charge is 2.23. The number of aryl methyl sites for hydroxylation is 1. The van der Waals surface area contributed by atoms with E-state index in [1.54, 1.807) is 0 Å². The van der Waals surface area contributed by atoms with Gasteiger partial charge in [0.2, 0.25) is 0 Å². The van der Waals surface area contributed by atoms with Gasteiger partial charge in [-0.25, -0.2) is 4.98 Å². The van der Waals surface area contributed by atoms with Gasteiger partial charge in [-0.15, -0.1) is 11.3 Å². The molecule has 0 aromatic carbocycles. The number of piperazine rings is 1. The molecule has 1 saturated heterocycles. The van der Waals surface area contributed by atoms with Crippen molar-refractivity contribution in [1.29, 1.82) is 0 Å². The van der Waals surface area contributed by atoms with Gasteiger partial charge in [0, 0.05) is 31.6 Å². The van der Waals surface area contributed by atoms with Crippen molar-refractivity contribution < 1.29 is 0 Å². The van der Waals surface area contributed by atoms with Crippen LogP contribution >= 0.6 is 11.3 Å². The van der Waals surface area contributed by atoms with Gasteiger partial charge in [-0.2, -0.15) is 0 Å². The Morgan fingerprint density at radius 3 is 2.38 bits per heavy atom. The Labute approximate surface area is 102 Å². The third-order valence-electron chi connectivity index (χ3n) is 2.82. The SMILES string of the molecule is Cc1nc(C(C)(C)C)sc1N1CCNCC1. The van der Waals surface area contributed by atoms with Crippen LogP contribution in [0, 0.1) is 6.92 Å². The highest BCUT2D eigenvalue weighted by Crippen LogP contribution is 2.34. The largest absolute Gasteiger partial charge is 0.359 e. The van der Waals surface area contributed by atoms with Crippen LogP contribution in [0.5, 0.6) is 0 Å². The molecule has 1 aromatic rings. The van der Waals surface area contributed by atoms with Crippen molar-refractivity contribution in [1.82, 2.24) is 10.3 Å². The maximum absolute atomic E-state index is 4.71. The topological polar surface area (TPSA) is 28.2 Å². The molecule has 0 amide bonds. The number of nitrogens with zero attached hydrogens (tertiary/aromatic N) is 2. The number of aromatic nitrogens is 1. The Morgan fingerprint density at radius 1 is 1.25 bits per heavy atom. The molecule has 0 spiro atoms. The second kappa shape index (κ2) is 4.34. The zero-order chi connectivity index (χ0) is 11.8. The van der Waals surface area contributed by atoms with Crippen molar-refractivity contribution in [2.75, 3.05) is 31.1 Å². The lowest BCUT2D eigenvalue weighted by Crippen LogP contribution is -2.43. The van der Waals surface area contributed by atoms with Crippen molar-refractivity contribution >= 4 is 16.3 Å². The summed E-state index contributed by atoms with van der Waals surface area (Å²) in [6.45, 7) is 13.2. The summed E-state index contributed by atoms with van der Waals surface area (Å²) in [5.74, 6) is 0. The zero-order valence-electron chi connectivity index (χ0n) is 10.6.